The van der Waals surface area contributed by atoms with Crippen LogP contribution in [0.25, 0.3) is 5.57 Å². The second-order valence-corrected chi connectivity index (χ2v) is 10.3. The second kappa shape index (κ2) is 8.61. The number of benzene rings is 4. The number of hydrogen-bond acceptors (Lipinski definition) is 3. The number of anilines is 1. The maximum atomic E-state index is 14.5. The molecule has 4 aromatic rings. The number of piperazine rings is 1. The molecular weight excluding hydrogens is 494 g/mol. The minimum Gasteiger partial charge on any atom is -0.362 e. The van der Waals surface area contributed by atoms with Gasteiger partial charge in [0.1, 0.15) is 17.7 Å². The Morgan fingerprint density at radius 3 is 2.18 bits per heavy atom. The van der Waals surface area contributed by atoms with Crippen LogP contribution in [0.15, 0.2) is 115 Å². The molecule has 7 rings (SSSR count). The number of nitrogens with zero attached hydrogens (tertiary/aromatic N) is 2. The average molecular weight is 518 g/mol. The first kappa shape index (κ1) is 22.8. The molecule has 1 saturated heterocycles. The van der Waals surface area contributed by atoms with E-state index in [-0.39, 0.29) is 11.8 Å². The lowest BCUT2D eigenvalue weighted by Gasteiger charge is -2.54. The maximum absolute atomic E-state index is 14.5. The van der Waals surface area contributed by atoms with E-state index < -0.39 is 17.7 Å². The highest BCUT2D eigenvalue weighted by atomic mass is 35.5. The van der Waals surface area contributed by atoms with Crippen LogP contribution >= 0.6 is 11.6 Å². The van der Waals surface area contributed by atoms with Crippen molar-refractivity contribution in [3.05, 3.63) is 143 Å². The first-order valence-corrected chi connectivity index (χ1v) is 13.0. The van der Waals surface area contributed by atoms with Gasteiger partial charge in [-0.15, -0.1) is 0 Å². The molecule has 186 valence electrons. The first-order chi connectivity index (χ1) is 18.6. The third kappa shape index (κ3) is 3.18. The first-order valence-electron chi connectivity index (χ1n) is 12.7. The van der Waals surface area contributed by atoms with Crippen LogP contribution in [-0.2, 0) is 21.7 Å². The van der Waals surface area contributed by atoms with Crippen molar-refractivity contribution in [2.24, 2.45) is 0 Å². The molecule has 2 amide bonds. The van der Waals surface area contributed by atoms with Gasteiger partial charge in [0.15, 0.2) is 0 Å². The molecule has 1 fully saturated rings. The summed E-state index contributed by atoms with van der Waals surface area (Å²) in [6.07, 6.45) is 1.22. The zero-order valence-corrected chi connectivity index (χ0v) is 21.2. The summed E-state index contributed by atoms with van der Waals surface area (Å²) < 4.78 is 0. The average Bonchev–Trinajstić information content (AvgIpc) is 3.45. The summed E-state index contributed by atoms with van der Waals surface area (Å²) in [4.78, 5) is 32.2. The van der Waals surface area contributed by atoms with Crippen LogP contribution in [0.5, 0.6) is 0 Å². The van der Waals surface area contributed by atoms with E-state index in [1.165, 1.54) is 0 Å². The molecule has 5 nitrogen and oxygen atoms in total. The van der Waals surface area contributed by atoms with Crippen molar-refractivity contribution in [1.82, 2.24) is 9.80 Å². The van der Waals surface area contributed by atoms with Crippen LogP contribution < -0.4 is 5.32 Å². The van der Waals surface area contributed by atoms with E-state index in [2.05, 4.69) is 11.4 Å². The van der Waals surface area contributed by atoms with E-state index in [1.807, 2.05) is 95.9 Å². The molecule has 6 heteroatoms. The van der Waals surface area contributed by atoms with Crippen molar-refractivity contribution >= 4 is 34.7 Å². The molecule has 3 atom stereocenters. The van der Waals surface area contributed by atoms with E-state index in [9.17, 15) is 9.59 Å². The third-order valence-electron chi connectivity index (χ3n) is 7.87. The second-order valence-electron chi connectivity index (χ2n) is 9.90. The fourth-order valence-electron chi connectivity index (χ4n) is 6.34. The molecule has 3 heterocycles. The summed E-state index contributed by atoms with van der Waals surface area (Å²) in [7, 11) is 0. The Kier molecular flexibility index (Phi) is 5.17. The number of para-hydroxylation sites is 1. The summed E-state index contributed by atoms with van der Waals surface area (Å²) >= 11 is 6.22. The zero-order valence-electron chi connectivity index (χ0n) is 20.4. The number of hydrogen-bond donors (Lipinski definition) is 1. The zero-order chi connectivity index (χ0) is 25.9. The van der Waals surface area contributed by atoms with Gasteiger partial charge in [0.2, 0.25) is 5.91 Å². The number of fused-ring (bicyclic) bond motifs is 1. The number of rotatable bonds is 4. The highest BCUT2D eigenvalue weighted by molar-refractivity contribution is 6.30. The molecule has 0 radical (unpaired) electrons. The molecule has 0 aromatic heterocycles. The predicted octanol–water partition coefficient (Wildman–Crippen LogP) is 6.00. The molecule has 3 aliphatic rings. The van der Waals surface area contributed by atoms with Crippen LogP contribution in [-0.4, -0.2) is 27.8 Å². The Morgan fingerprint density at radius 1 is 0.789 bits per heavy atom. The smallest absolute Gasteiger partial charge is 0.252 e. The Labute approximate surface area is 226 Å². The van der Waals surface area contributed by atoms with Crippen LogP contribution in [0.4, 0.5) is 5.69 Å². The molecule has 0 aliphatic carbocycles. The molecule has 0 bridgehead atoms. The highest BCUT2D eigenvalue weighted by Gasteiger charge is 2.67. The maximum Gasteiger partial charge on any atom is 0.252 e. The molecule has 3 unspecified atom stereocenters. The Hall–Kier alpha value is -4.35. The Bertz CT molecular complexity index is 1590. The van der Waals surface area contributed by atoms with E-state index in [0.717, 1.165) is 33.5 Å². The van der Waals surface area contributed by atoms with Crippen molar-refractivity contribution in [3.63, 3.8) is 0 Å². The molecule has 4 aromatic carbocycles. The fourth-order valence-corrected chi connectivity index (χ4v) is 6.46. The van der Waals surface area contributed by atoms with Gasteiger partial charge in [0.25, 0.3) is 5.91 Å². The van der Waals surface area contributed by atoms with E-state index in [0.29, 0.717) is 11.6 Å². The summed E-state index contributed by atoms with van der Waals surface area (Å²) in [5.41, 5.74) is 4.58. The quantitative estimate of drug-likeness (QED) is 0.361. The largest absolute Gasteiger partial charge is 0.362 e. The number of carbonyl (C=O) groups is 2. The summed E-state index contributed by atoms with van der Waals surface area (Å²) in [6, 6.07) is 34.5. The number of halogens is 1. The van der Waals surface area contributed by atoms with E-state index in [1.54, 1.807) is 23.1 Å². The van der Waals surface area contributed by atoms with Crippen LogP contribution in [0, 0.1) is 0 Å². The third-order valence-corrected chi connectivity index (χ3v) is 8.13. The predicted molar refractivity (Wildman–Crippen MR) is 148 cm³/mol. The topological polar surface area (TPSA) is 52.7 Å². The lowest BCUT2D eigenvalue weighted by Crippen LogP contribution is -2.68. The molecular formula is C32H24ClN3O2. The Morgan fingerprint density at radius 2 is 1.45 bits per heavy atom. The van der Waals surface area contributed by atoms with Gasteiger partial charge in [-0.3, -0.25) is 9.59 Å². The molecule has 1 spiro atoms. The summed E-state index contributed by atoms with van der Waals surface area (Å²) in [6.45, 7) is 0.404. The molecule has 3 aliphatic heterocycles. The standard InChI is InChI=1S/C32H24ClN3O2/c33-24-17-15-23(16-18-24)29-30(38)35(20-21-9-3-1-4-10-21)31-32(25-13-7-8-14-27(25)34-31)26(19-28(37)36(29)32)22-11-5-2-6-12-22/h1-19,29,31,34H,20H2. The number of nitrogens with one attached hydrogen (secondary N) is 1. The lowest BCUT2D eigenvalue weighted by atomic mass is 9.75. The van der Waals surface area contributed by atoms with E-state index in [4.69, 9.17) is 11.6 Å². The lowest BCUT2D eigenvalue weighted by molar-refractivity contribution is -0.162. The van der Waals surface area contributed by atoms with Gasteiger partial charge in [-0.1, -0.05) is 103 Å². The normalized spacial score (nSPS) is 23.4. The number of amides is 2. The van der Waals surface area contributed by atoms with Gasteiger partial charge in [-0.05, 0) is 40.5 Å². The molecule has 0 saturated carbocycles. The van der Waals surface area contributed by atoms with Gasteiger partial charge < -0.3 is 15.1 Å². The van der Waals surface area contributed by atoms with Gasteiger partial charge in [0, 0.05) is 28.9 Å². The van der Waals surface area contributed by atoms with Crippen molar-refractivity contribution in [2.75, 3.05) is 5.32 Å². The Balaban J connectivity index is 1.50. The number of carbonyl (C=O) groups excluding carboxylic acids is 2. The van der Waals surface area contributed by atoms with Crippen molar-refractivity contribution in [2.45, 2.75) is 24.3 Å². The van der Waals surface area contributed by atoms with Crippen LogP contribution in [0.2, 0.25) is 5.02 Å². The van der Waals surface area contributed by atoms with Crippen LogP contribution in [0.3, 0.4) is 0 Å². The minimum atomic E-state index is -0.915. The van der Waals surface area contributed by atoms with Gasteiger partial charge in [-0.2, -0.15) is 0 Å². The van der Waals surface area contributed by atoms with E-state index >= 15 is 0 Å². The summed E-state index contributed by atoms with van der Waals surface area (Å²) in [5.74, 6) is -0.312. The van der Waals surface area contributed by atoms with Crippen LogP contribution in [0.1, 0.15) is 28.3 Å². The van der Waals surface area contributed by atoms with Gasteiger partial charge in [-0.25, -0.2) is 0 Å². The molecule has 1 N–H and O–H groups in total. The highest BCUT2D eigenvalue weighted by Crippen LogP contribution is 2.60. The van der Waals surface area contributed by atoms with Crippen molar-refractivity contribution in [3.8, 4) is 0 Å². The minimum absolute atomic E-state index is 0.131. The van der Waals surface area contributed by atoms with Crippen molar-refractivity contribution in [1.29, 1.82) is 0 Å². The van der Waals surface area contributed by atoms with Gasteiger partial charge in [0.05, 0.1) is 0 Å². The SMILES string of the molecule is O=C1C(c2ccc(Cl)cc2)N2C(=O)C=C(c3ccccc3)C23c2ccccc2NC3N1Cc1ccccc1. The van der Waals surface area contributed by atoms with Gasteiger partial charge >= 0.3 is 0 Å². The summed E-state index contributed by atoms with van der Waals surface area (Å²) in [5, 5.41) is 4.23. The molecule has 38 heavy (non-hydrogen) atoms. The fraction of sp³-hybridized carbons (Fsp3) is 0.125. The monoisotopic (exact) mass is 517 g/mol. The van der Waals surface area contributed by atoms with Crippen molar-refractivity contribution < 1.29 is 9.59 Å².